The number of methoxy groups -OCH3 is 1. The molecule has 0 spiro atoms. The first-order valence-electron chi connectivity index (χ1n) is 7.50. The topological polar surface area (TPSA) is 81.4 Å². The number of nitrogens with zero attached hydrogens (tertiary/aromatic N) is 1. The van der Waals surface area contributed by atoms with Crippen molar-refractivity contribution in [2.24, 2.45) is 0 Å². The number of rotatable bonds is 5. The predicted octanol–water partition coefficient (Wildman–Crippen LogP) is 3.51. The minimum Gasteiger partial charge on any atom is -0.495 e. The first kappa shape index (κ1) is 16.3. The van der Waals surface area contributed by atoms with Gasteiger partial charge in [0, 0.05) is 0 Å². The Bertz CT molecular complexity index is 993. The maximum atomic E-state index is 12.8. The number of nitrogens with one attached hydrogen (secondary N) is 1. The highest BCUT2D eigenvalue weighted by Crippen LogP contribution is 2.30. The molecule has 0 aliphatic heterocycles. The van der Waals surface area contributed by atoms with E-state index in [1.807, 2.05) is 26.0 Å². The highest BCUT2D eigenvalue weighted by atomic mass is 32.2. The van der Waals surface area contributed by atoms with Gasteiger partial charge in [-0.15, -0.1) is 0 Å². The Hall–Kier alpha value is -2.54. The molecule has 1 N–H and O–H groups in total. The van der Waals surface area contributed by atoms with Crippen LogP contribution >= 0.6 is 0 Å². The normalized spacial score (nSPS) is 11.6. The molecule has 0 atom stereocenters. The second-order valence-electron chi connectivity index (χ2n) is 5.48. The molecule has 1 aromatic heterocycles. The molecule has 3 aromatic rings. The number of hydrogen-bond acceptors (Lipinski definition) is 5. The van der Waals surface area contributed by atoms with Crippen molar-refractivity contribution < 1.29 is 17.7 Å². The van der Waals surface area contributed by atoms with Crippen molar-refractivity contribution in [1.29, 1.82) is 0 Å². The van der Waals surface area contributed by atoms with Crippen LogP contribution in [-0.2, 0) is 16.4 Å². The lowest BCUT2D eigenvalue weighted by molar-refractivity contribution is 0.402. The Labute approximate surface area is 140 Å². The summed E-state index contributed by atoms with van der Waals surface area (Å²) in [4.78, 5) is 0.0765. The first-order valence-corrected chi connectivity index (χ1v) is 8.98. The Morgan fingerprint density at radius 1 is 1.21 bits per heavy atom. The summed E-state index contributed by atoms with van der Waals surface area (Å²) in [5.74, 6) is 0.442. The van der Waals surface area contributed by atoms with Crippen molar-refractivity contribution in [2.75, 3.05) is 11.8 Å². The van der Waals surface area contributed by atoms with Gasteiger partial charge in [0.05, 0.1) is 12.5 Å². The van der Waals surface area contributed by atoms with Gasteiger partial charge < -0.3 is 9.26 Å². The van der Waals surface area contributed by atoms with Crippen molar-refractivity contribution in [1.82, 2.24) is 5.16 Å². The zero-order valence-corrected chi connectivity index (χ0v) is 14.5. The first-order chi connectivity index (χ1) is 11.4. The summed E-state index contributed by atoms with van der Waals surface area (Å²) in [5.41, 5.74) is 2.43. The molecule has 7 heteroatoms. The monoisotopic (exact) mass is 346 g/mol. The highest BCUT2D eigenvalue weighted by Gasteiger charge is 2.23. The lowest BCUT2D eigenvalue weighted by Gasteiger charge is -2.11. The molecule has 0 bridgehead atoms. The molecule has 0 unspecified atom stereocenters. The molecule has 1 heterocycles. The van der Waals surface area contributed by atoms with Crippen molar-refractivity contribution in [3.63, 3.8) is 0 Å². The van der Waals surface area contributed by atoms with Crippen LogP contribution in [-0.4, -0.2) is 20.7 Å². The summed E-state index contributed by atoms with van der Waals surface area (Å²) < 4.78 is 38.5. The van der Waals surface area contributed by atoms with E-state index in [1.54, 1.807) is 24.3 Å². The van der Waals surface area contributed by atoms with Crippen molar-refractivity contribution >= 4 is 26.8 Å². The average Bonchev–Trinajstić information content (AvgIpc) is 2.95. The second kappa shape index (κ2) is 6.16. The number of anilines is 1. The third-order valence-electron chi connectivity index (χ3n) is 3.78. The predicted molar refractivity (Wildman–Crippen MR) is 91.9 cm³/mol. The molecule has 0 saturated carbocycles. The van der Waals surface area contributed by atoms with Crippen molar-refractivity contribution in [3.8, 4) is 5.75 Å². The van der Waals surface area contributed by atoms with Crippen LogP contribution < -0.4 is 9.46 Å². The van der Waals surface area contributed by atoms with E-state index in [0.29, 0.717) is 11.0 Å². The van der Waals surface area contributed by atoms with Gasteiger partial charge >= 0.3 is 0 Å². The van der Waals surface area contributed by atoms with Gasteiger partial charge in [0.25, 0.3) is 10.0 Å². The number of sulfonamides is 1. The summed E-state index contributed by atoms with van der Waals surface area (Å²) >= 11 is 0. The SMILES string of the molecule is CCc1ccc(OC)c(S(=O)(=O)Nc2noc3cc(C)ccc23)c1. The fraction of sp³-hybridized carbons (Fsp3) is 0.235. The number of hydrogen-bond donors (Lipinski definition) is 1. The van der Waals surface area contributed by atoms with E-state index < -0.39 is 10.0 Å². The largest absolute Gasteiger partial charge is 0.495 e. The zero-order chi connectivity index (χ0) is 17.3. The molecule has 24 heavy (non-hydrogen) atoms. The molecule has 0 radical (unpaired) electrons. The van der Waals surface area contributed by atoms with E-state index in [2.05, 4.69) is 9.88 Å². The highest BCUT2D eigenvalue weighted by molar-refractivity contribution is 7.92. The summed E-state index contributed by atoms with van der Waals surface area (Å²) in [6.45, 7) is 3.88. The Kier molecular flexibility index (Phi) is 4.19. The smallest absolute Gasteiger partial charge is 0.266 e. The lowest BCUT2D eigenvalue weighted by Crippen LogP contribution is -2.15. The van der Waals surface area contributed by atoms with Gasteiger partial charge in [0.2, 0.25) is 0 Å². The van der Waals surface area contributed by atoms with E-state index in [-0.39, 0.29) is 16.5 Å². The van der Waals surface area contributed by atoms with Crippen LogP contribution in [0.3, 0.4) is 0 Å². The van der Waals surface area contributed by atoms with E-state index in [9.17, 15) is 8.42 Å². The summed E-state index contributed by atoms with van der Waals surface area (Å²) in [6, 6.07) is 10.5. The summed E-state index contributed by atoms with van der Waals surface area (Å²) in [6.07, 6.45) is 0.721. The van der Waals surface area contributed by atoms with Gasteiger partial charge in [0.1, 0.15) is 10.6 Å². The Morgan fingerprint density at radius 3 is 2.71 bits per heavy atom. The Balaban J connectivity index is 2.05. The maximum absolute atomic E-state index is 12.8. The molecule has 2 aromatic carbocycles. The molecular formula is C17H18N2O4S. The number of fused-ring (bicyclic) bond motifs is 1. The van der Waals surface area contributed by atoms with Crippen LogP contribution in [0.25, 0.3) is 11.0 Å². The number of aromatic nitrogens is 1. The third-order valence-corrected chi connectivity index (χ3v) is 5.14. The molecule has 0 fully saturated rings. The van der Waals surface area contributed by atoms with Gasteiger partial charge in [0.15, 0.2) is 11.4 Å². The van der Waals surface area contributed by atoms with Crippen LogP contribution in [0, 0.1) is 6.92 Å². The molecule has 3 rings (SSSR count). The van der Waals surface area contributed by atoms with Crippen LogP contribution in [0.2, 0.25) is 0 Å². The van der Waals surface area contributed by atoms with Gasteiger partial charge in [-0.05, 0) is 48.7 Å². The Morgan fingerprint density at radius 2 is 2.00 bits per heavy atom. The van der Waals surface area contributed by atoms with Crippen LogP contribution in [0.1, 0.15) is 18.1 Å². The zero-order valence-electron chi connectivity index (χ0n) is 13.7. The molecule has 0 aliphatic carbocycles. The average molecular weight is 346 g/mol. The molecule has 126 valence electrons. The minimum absolute atomic E-state index is 0.0765. The van der Waals surface area contributed by atoms with Gasteiger partial charge in [-0.3, -0.25) is 4.72 Å². The minimum atomic E-state index is -3.86. The molecule has 6 nitrogen and oxygen atoms in total. The van der Waals surface area contributed by atoms with Crippen molar-refractivity contribution in [2.45, 2.75) is 25.2 Å². The van der Waals surface area contributed by atoms with Gasteiger partial charge in [-0.2, -0.15) is 0 Å². The molecule has 0 saturated heterocycles. The quantitative estimate of drug-likeness (QED) is 0.764. The van der Waals surface area contributed by atoms with E-state index in [1.165, 1.54) is 7.11 Å². The van der Waals surface area contributed by atoms with Crippen LogP contribution in [0.15, 0.2) is 45.8 Å². The maximum Gasteiger partial charge on any atom is 0.266 e. The van der Waals surface area contributed by atoms with Crippen LogP contribution in [0.5, 0.6) is 5.75 Å². The number of aryl methyl sites for hydroxylation is 2. The van der Waals surface area contributed by atoms with E-state index in [4.69, 9.17) is 9.26 Å². The summed E-state index contributed by atoms with van der Waals surface area (Å²) in [5, 5.41) is 4.45. The van der Waals surface area contributed by atoms with Crippen molar-refractivity contribution in [3.05, 3.63) is 47.5 Å². The van der Waals surface area contributed by atoms with Crippen LogP contribution in [0.4, 0.5) is 5.82 Å². The summed E-state index contributed by atoms with van der Waals surface area (Å²) in [7, 11) is -2.42. The van der Waals surface area contributed by atoms with E-state index >= 15 is 0 Å². The lowest BCUT2D eigenvalue weighted by atomic mass is 10.2. The van der Waals surface area contributed by atoms with Gasteiger partial charge in [-0.25, -0.2) is 8.42 Å². The molecular weight excluding hydrogens is 328 g/mol. The second-order valence-corrected chi connectivity index (χ2v) is 7.13. The fourth-order valence-corrected chi connectivity index (χ4v) is 3.69. The number of ether oxygens (including phenoxy) is 1. The number of benzene rings is 2. The standard InChI is InChI=1S/C17H18N2O4S/c1-4-12-6-8-14(22-3)16(10-12)24(20,21)19-17-13-7-5-11(2)9-15(13)23-18-17/h5-10H,4H2,1-3H3,(H,18,19). The molecule has 0 aliphatic rings. The van der Waals surface area contributed by atoms with E-state index in [0.717, 1.165) is 17.5 Å². The van der Waals surface area contributed by atoms with Gasteiger partial charge in [-0.1, -0.05) is 24.2 Å². The molecule has 0 amide bonds. The third kappa shape index (κ3) is 2.94. The fourth-order valence-electron chi connectivity index (χ4n) is 2.45.